The minimum absolute atomic E-state index is 0. The molecule has 2 fully saturated rings. The Morgan fingerprint density at radius 1 is 1.17 bits per heavy atom. The number of nitrogens with zero attached hydrogens (tertiary/aromatic N) is 2. The van der Waals surface area contributed by atoms with Gasteiger partial charge in [0, 0.05) is 32.6 Å². The van der Waals surface area contributed by atoms with Gasteiger partial charge in [0.1, 0.15) is 0 Å². The zero-order chi connectivity index (χ0) is 12.1. The third-order valence-electron chi connectivity index (χ3n) is 4.05. The van der Waals surface area contributed by atoms with E-state index in [1.807, 2.05) is 0 Å². The Kier molecular flexibility index (Phi) is 6.97. The van der Waals surface area contributed by atoms with E-state index in [9.17, 15) is 4.79 Å². The van der Waals surface area contributed by atoms with Crippen LogP contribution in [0.25, 0.3) is 0 Å². The van der Waals surface area contributed by atoms with Gasteiger partial charge in [-0.25, -0.2) is 0 Å². The second-order valence-corrected chi connectivity index (χ2v) is 5.37. The van der Waals surface area contributed by atoms with Gasteiger partial charge in [-0.3, -0.25) is 4.79 Å². The van der Waals surface area contributed by atoms with E-state index >= 15 is 0 Å². The number of likely N-dealkylation sites (tertiary alicyclic amines) is 2. The predicted molar refractivity (Wildman–Crippen MR) is 75.9 cm³/mol. The molecule has 0 atom stereocenters. The normalized spacial score (nSPS) is 22.9. The van der Waals surface area contributed by atoms with Crippen molar-refractivity contribution in [2.24, 2.45) is 11.7 Å². The topological polar surface area (TPSA) is 49.6 Å². The minimum Gasteiger partial charge on any atom is -0.342 e. The van der Waals surface area contributed by atoms with Gasteiger partial charge in [-0.2, -0.15) is 0 Å². The highest BCUT2D eigenvalue weighted by atomic mass is 35.5. The molecule has 2 rings (SSSR count). The van der Waals surface area contributed by atoms with Crippen molar-refractivity contribution in [3.8, 4) is 0 Å². The van der Waals surface area contributed by atoms with Gasteiger partial charge in [0.15, 0.2) is 0 Å². The first-order chi connectivity index (χ1) is 8.29. The van der Waals surface area contributed by atoms with Crippen LogP contribution in [0.3, 0.4) is 0 Å². The van der Waals surface area contributed by atoms with Crippen LogP contribution in [0.15, 0.2) is 0 Å². The first-order valence-corrected chi connectivity index (χ1v) is 7.00. The largest absolute Gasteiger partial charge is 0.342 e. The molecule has 0 aliphatic carbocycles. The number of amides is 1. The van der Waals surface area contributed by atoms with Crippen molar-refractivity contribution >= 4 is 18.3 Å². The van der Waals surface area contributed by atoms with Crippen LogP contribution in [-0.2, 0) is 4.79 Å². The average molecular weight is 276 g/mol. The van der Waals surface area contributed by atoms with Gasteiger partial charge in [0.25, 0.3) is 0 Å². The van der Waals surface area contributed by atoms with Crippen molar-refractivity contribution in [1.29, 1.82) is 0 Å². The SMILES string of the molecule is Cl.NCCN1CCC(CN2CCCCC2=O)CC1. The van der Waals surface area contributed by atoms with E-state index in [0.29, 0.717) is 11.8 Å². The summed E-state index contributed by atoms with van der Waals surface area (Å²) in [4.78, 5) is 16.3. The molecule has 0 saturated carbocycles. The molecule has 2 aliphatic heterocycles. The first-order valence-electron chi connectivity index (χ1n) is 7.00. The molecule has 0 radical (unpaired) electrons. The number of rotatable bonds is 4. The Bertz CT molecular complexity index is 255. The van der Waals surface area contributed by atoms with Gasteiger partial charge in [-0.05, 0) is 44.7 Å². The zero-order valence-corrected chi connectivity index (χ0v) is 12.0. The third-order valence-corrected chi connectivity index (χ3v) is 4.05. The summed E-state index contributed by atoms with van der Waals surface area (Å²) in [6.07, 6.45) is 5.50. The highest BCUT2D eigenvalue weighted by Crippen LogP contribution is 2.20. The maximum Gasteiger partial charge on any atom is 0.222 e. The summed E-state index contributed by atoms with van der Waals surface area (Å²) in [6.45, 7) is 6.08. The number of carbonyl (C=O) groups excluding carboxylic acids is 1. The number of piperidine rings is 2. The fourth-order valence-electron chi connectivity index (χ4n) is 2.94. The fraction of sp³-hybridized carbons (Fsp3) is 0.923. The summed E-state index contributed by atoms with van der Waals surface area (Å²) in [6, 6.07) is 0. The van der Waals surface area contributed by atoms with Gasteiger partial charge in [-0.1, -0.05) is 0 Å². The molecular formula is C13H26ClN3O. The van der Waals surface area contributed by atoms with Crippen LogP contribution in [0.1, 0.15) is 32.1 Å². The van der Waals surface area contributed by atoms with Gasteiger partial charge in [0.05, 0.1) is 0 Å². The fourth-order valence-corrected chi connectivity index (χ4v) is 2.94. The van der Waals surface area contributed by atoms with E-state index in [4.69, 9.17) is 5.73 Å². The van der Waals surface area contributed by atoms with Crippen LogP contribution in [0.5, 0.6) is 0 Å². The van der Waals surface area contributed by atoms with Crippen molar-refractivity contribution in [3.05, 3.63) is 0 Å². The third kappa shape index (κ3) is 4.41. The summed E-state index contributed by atoms with van der Waals surface area (Å²) in [7, 11) is 0. The molecule has 18 heavy (non-hydrogen) atoms. The summed E-state index contributed by atoms with van der Waals surface area (Å²) >= 11 is 0. The van der Waals surface area contributed by atoms with E-state index in [2.05, 4.69) is 9.80 Å². The summed E-state index contributed by atoms with van der Waals surface area (Å²) in [5.41, 5.74) is 5.57. The van der Waals surface area contributed by atoms with Crippen molar-refractivity contribution in [1.82, 2.24) is 9.80 Å². The maximum absolute atomic E-state index is 11.7. The smallest absolute Gasteiger partial charge is 0.222 e. The molecule has 0 aromatic rings. The number of halogens is 1. The van der Waals surface area contributed by atoms with Crippen LogP contribution >= 0.6 is 12.4 Å². The summed E-state index contributed by atoms with van der Waals surface area (Å²) in [5.74, 6) is 1.09. The summed E-state index contributed by atoms with van der Waals surface area (Å²) < 4.78 is 0. The molecule has 1 amide bonds. The Morgan fingerprint density at radius 2 is 1.89 bits per heavy atom. The lowest BCUT2D eigenvalue weighted by Gasteiger charge is -2.36. The van der Waals surface area contributed by atoms with Crippen molar-refractivity contribution < 1.29 is 4.79 Å². The van der Waals surface area contributed by atoms with E-state index in [1.54, 1.807) is 0 Å². The second-order valence-electron chi connectivity index (χ2n) is 5.37. The van der Waals surface area contributed by atoms with Gasteiger partial charge in [0.2, 0.25) is 5.91 Å². The Morgan fingerprint density at radius 3 is 2.50 bits per heavy atom. The highest BCUT2D eigenvalue weighted by Gasteiger charge is 2.24. The van der Waals surface area contributed by atoms with E-state index < -0.39 is 0 Å². The number of carbonyl (C=O) groups is 1. The predicted octanol–water partition coefficient (Wildman–Crippen LogP) is 1.09. The lowest BCUT2D eigenvalue weighted by atomic mass is 9.95. The second kappa shape index (κ2) is 7.97. The lowest BCUT2D eigenvalue weighted by Crippen LogP contribution is -2.43. The van der Waals surface area contributed by atoms with Crippen LogP contribution in [0.2, 0.25) is 0 Å². The molecule has 0 aromatic heterocycles. The van der Waals surface area contributed by atoms with Crippen LogP contribution in [0.4, 0.5) is 0 Å². The van der Waals surface area contributed by atoms with Crippen molar-refractivity contribution in [3.63, 3.8) is 0 Å². The minimum atomic E-state index is 0. The van der Waals surface area contributed by atoms with Crippen LogP contribution < -0.4 is 5.73 Å². The quantitative estimate of drug-likeness (QED) is 0.836. The Labute approximate surface area is 116 Å². The van der Waals surface area contributed by atoms with Gasteiger partial charge < -0.3 is 15.5 Å². The molecule has 2 heterocycles. The maximum atomic E-state index is 11.7. The van der Waals surface area contributed by atoms with Crippen molar-refractivity contribution in [2.45, 2.75) is 32.1 Å². The molecule has 106 valence electrons. The zero-order valence-electron chi connectivity index (χ0n) is 11.1. The Hall–Kier alpha value is -0.320. The number of hydrogen-bond donors (Lipinski definition) is 1. The molecule has 0 bridgehead atoms. The molecule has 2 saturated heterocycles. The van der Waals surface area contributed by atoms with E-state index in [-0.39, 0.29) is 12.4 Å². The molecule has 0 unspecified atom stereocenters. The molecule has 2 N–H and O–H groups in total. The molecular weight excluding hydrogens is 250 g/mol. The highest BCUT2D eigenvalue weighted by molar-refractivity contribution is 5.85. The first kappa shape index (κ1) is 15.7. The molecule has 0 aromatic carbocycles. The molecule has 5 heteroatoms. The molecule has 2 aliphatic rings. The van der Waals surface area contributed by atoms with Gasteiger partial charge in [-0.15, -0.1) is 12.4 Å². The van der Waals surface area contributed by atoms with Crippen LogP contribution in [0, 0.1) is 5.92 Å². The lowest BCUT2D eigenvalue weighted by molar-refractivity contribution is -0.134. The Balaban J connectivity index is 0.00000162. The number of hydrogen-bond acceptors (Lipinski definition) is 3. The van der Waals surface area contributed by atoms with E-state index in [1.165, 1.54) is 19.3 Å². The van der Waals surface area contributed by atoms with E-state index in [0.717, 1.165) is 52.1 Å². The molecule has 0 spiro atoms. The van der Waals surface area contributed by atoms with Crippen LogP contribution in [-0.4, -0.2) is 55.0 Å². The summed E-state index contributed by atoms with van der Waals surface area (Å²) in [5, 5.41) is 0. The standard InChI is InChI=1S/C13H25N3O.ClH/c14-6-10-15-8-4-12(5-9-15)11-16-7-2-1-3-13(16)17;/h12H,1-11,14H2;1H. The molecule has 4 nitrogen and oxygen atoms in total. The number of nitrogens with two attached hydrogens (primary N) is 1. The average Bonchev–Trinajstić information content (AvgIpc) is 2.35. The van der Waals surface area contributed by atoms with Gasteiger partial charge >= 0.3 is 0 Å². The van der Waals surface area contributed by atoms with Crippen molar-refractivity contribution in [2.75, 3.05) is 39.3 Å². The monoisotopic (exact) mass is 275 g/mol.